The summed E-state index contributed by atoms with van der Waals surface area (Å²) in [5.41, 5.74) is -3.91. The van der Waals surface area contributed by atoms with Gasteiger partial charge in [0, 0.05) is 17.7 Å². The van der Waals surface area contributed by atoms with Crippen LogP contribution in [0.15, 0.2) is 79.4 Å². The summed E-state index contributed by atoms with van der Waals surface area (Å²) in [5.74, 6) is -5.46. The van der Waals surface area contributed by atoms with Gasteiger partial charge in [0.1, 0.15) is 58.3 Å². The van der Waals surface area contributed by atoms with E-state index >= 15 is 0 Å². The summed E-state index contributed by atoms with van der Waals surface area (Å²) in [6, 6.07) is 11.1. The number of ether oxygens (including phenoxy) is 2. The first kappa shape index (κ1) is 31.0. The fourth-order valence-electron chi connectivity index (χ4n) is 3.84. The largest absolute Gasteiger partial charge is 0.490 e. The molecule has 0 aromatic heterocycles. The smallest absolute Gasteiger partial charge is 0.432 e. The normalized spacial score (nSPS) is 11.5. The van der Waals surface area contributed by atoms with E-state index in [0.29, 0.717) is 35.6 Å². The Balaban J connectivity index is 1.55. The lowest BCUT2D eigenvalue weighted by Crippen LogP contribution is -2.25. The lowest BCUT2D eigenvalue weighted by Gasteiger charge is -2.20. The van der Waals surface area contributed by atoms with E-state index in [-0.39, 0.29) is 17.7 Å². The molecule has 0 atom stereocenters. The highest BCUT2D eigenvalue weighted by molar-refractivity contribution is 5.65. The molecular weight excluding hydrogens is 594 g/mol. The van der Waals surface area contributed by atoms with Gasteiger partial charge in [-0.2, -0.15) is 22.0 Å². The van der Waals surface area contributed by atoms with Gasteiger partial charge in [0.05, 0.1) is 5.56 Å². The zero-order valence-electron chi connectivity index (χ0n) is 21.4. The van der Waals surface area contributed by atoms with Crippen molar-refractivity contribution in [3.8, 4) is 34.5 Å². The summed E-state index contributed by atoms with van der Waals surface area (Å²) in [6.07, 6.45) is -8.83. The van der Waals surface area contributed by atoms with Gasteiger partial charge in [-0.3, -0.25) is 0 Å². The quantitative estimate of drug-likeness (QED) is 0.118. The van der Waals surface area contributed by atoms with Crippen LogP contribution in [0.4, 0.5) is 43.9 Å². The van der Waals surface area contributed by atoms with Gasteiger partial charge in [-0.25, -0.2) is 22.0 Å². The predicted molar refractivity (Wildman–Crippen MR) is 136 cm³/mol. The average Bonchev–Trinajstić information content (AvgIpc) is 2.89. The van der Waals surface area contributed by atoms with Crippen LogP contribution in [0.2, 0.25) is 0 Å². The van der Waals surface area contributed by atoms with Crippen molar-refractivity contribution in [2.45, 2.75) is 12.3 Å². The number of benzene rings is 4. The molecule has 0 aliphatic heterocycles. The van der Waals surface area contributed by atoms with Crippen LogP contribution in [-0.4, -0.2) is 6.61 Å². The van der Waals surface area contributed by atoms with Crippen LogP contribution in [0.1, 0.15) is 22.3 Å². The molecule has 0 spiro atoms. The Labute approximate surface area is 237 Å². The highest BCUT2D eigenvalue weighted by Crippen LogP contribution is 2.39. The van der Waals surface area contributed by atoms with Crippen LogP contribution in [0.5, 0.6) is 11.5 Å². The molecule has 0 amide bonds. The molecule has 0 aliphatic rings. The van der Waals surface area contributed by atoms with Crippen molar-refractivity contribution in [2.24, 2.45) is 0 Å². The van der Waals surface area contributed by atoms with Gasteiger partial charge in [-0.15, -0.1) is 0 Å². The second-order valence-electron chi connectivity index (χ2n) is 8.76. The van der Waals surface area contributed by atoms with Crippen LogP contribution in [0.25, 0.3) is 11.1 Å². The number of hydrogen-bond donors (Lipinski definition) is 0. The SMILES string of the molecule is C=CCOc1ccc(-c2ccc(C#Cc3cc(F)c(C(F)(F)Oc4cc(F)c(C(F)(F)F)c(F)c4)c(F)c3)c(F)c2)cc1. The average molecular weight is 610 g/mol. The summed E-state index contributed by atoms with van der Waals surface area (Å²) in [7, 11) is 0. The van der Waals surface area contributed by atoms with Crippen LogP contribution >= 0.6 is 0 Å². The van der Waals surface area contributed by atoms with E-state index in [9.17, 15) is 43.9 Å². The summed E-state index contributed by atoms with van der Waals surface area (Å²) in [4.78, 5) is 0. The van der Waals surface area contributed by atoms with Gasteiger partial charge in [0.2, 0.25) is 0 Å². The first-order chi connectivity index (χ1) is 20.2. The maximum Gasteiger partial charge on any atom is 0.432 e. The van der Waals surface area contributed by atoms with Gasteiger partial charge in [0.15, 0.2) is 0 Å². The lowest BCUT2D eigenvalue weighted by molar-refractivity contribution is -0.189. The van der Waals surface area contributed by atoms with Gasteiger partial charge >= 0.3 is 12.3 Å². The highest BCUT2D eigenvalue weighted by Gasteiger charge is 2.43. The molecule has 0 saturated heterocycles. The molecule has 0 bridgehead atoms. The molecule has 43 heavy (non-hydrogen) atoms. The fourth-order valence-corrected chi connectivity index (χ4v) is 3.84. The number of alkyl halides is 5. The van der Waals surface area contributed by atoms with Gasteiger partial charge in [0.25, 0.3) is 0 Å². The molecule has 12 heteroatoms. The third-order valence-electron chi connectivity index (χ3n) is 5.74. The van der Waals surface area contributed by atoms with E-state index in [4.69, 9.17) is 4.74 Å². The molecule has 0 heterocycles. The topological polar surface area (TPSA) is 18.5 Å². The Morgan fingerprint density at radius 3 is 1.72 bits per heavy atom. The summed E-state index contributed by atoms with van der Waals surface area (Å²) < 4.78 is 148. The van der Waals surface area contributed by atoms with Crippen molar-refractivity contribution in [3.05, 3.63) is 131 Å². The number of halogens is 10. The minimum atomic E-state index is -5.48. The molecule has 4 aromatic carbocycles. The molecule has 0 aliphatic carbocycles. The first-order valence-electron chi connectivity index (χ1n) is 12.0. The Morgan fingerprint density at radius 1 is 0.628 bits per heavy atom. The Hall–Kier alpha value is -4.92. The van der Waals surface area contributed by atoms with Gasteiger partial charge < -0.3 is 9.47 Å². The lowest BCUT2D eigenvalue weighted by atomic mass is 10.0. The summed E-state index contributed by atoms with van der Waals surface area (Å²) >= 11 is 0. The second kappa shape index (κ2) is 12.1. The maximum atomic E-state index is 14.7. The second-order valence-corrected chi connectivity index (χ2v) is 8.76. The molecule has 4 rings (SSSR count). The minimum Gasteiger partial charge on any atom is -0.490 e. The fraction of sp³-hybridized carbons (Fsp3) is 0.0968. The number of hydrogen-bond acceptors (Lipinski definition) is 2. The predicted octanol–water partition coefficient (Wildman–Crippen LogP) is 9.16. The Bertz CT molecular complexity index is 1690. The molecule has 222 valence electrons. The summed E-state index contributed by atoms with van der Waals surface area (Å²) in [5, 5.41) is 0. The van der Waals surface area contributed by atoms with Crippen molar-refractivity contribution in [1.82, 2.24) is 0 Å². The van der Waals surface area contributed by atoms with Crippen molar-refractivity contribution >= 4 is 0 Å². The van der Waals surface area contributed by atoms with Crippen LogP contribution in [0, 0.1) is 40.9 Å². The van der Waals surface area contributed by atoms with Crippen molar-refractivity contribution < 1.29 is 53.4 Å². The van der Waals surface area contributed by atoms with E-state index in [0.717, 1.165) is 0 Å². The number of rotatable bonds is 7. The Kier molecular flexibility index (Phi) is 8.75. The monoisotopic (exact) mass is 610 g/mol. The summed E-state index contributed by atoms with van der Waals surface area (Å²) in [6.45, 7) is 3.85. The van der Waals surface area contributed by atoms with Crippen LogP contribution in [-0.2, 0) is 12.3 Å². The van der Waals surface area contributed by atoms with Crippen molar-refractivity contribution in [2.75, 3.05) is 6.61 Å². The molecule has 4 aromatic rings. The molecular formula is C31H16F10O2. The maximum absolute atomic E-state index is 14.7. The van der Waals surface area contributed by atoms with E-state index < -0.39 is 63.8 Å². The zero-order valence-corrected chi connectivity index (χ0v) is 21.4. The molecule has 2 nitrogen and oxygen atoms in total. The van der Waals surface area contributed by atoms with E-state index in [1.54, 1.807) is 30.3 Å². The van der Waals surface area contributed by atoms with E-state index in [2.05, 4.69) is 23.2 Å². The third-order valence-corrected chi connectivity index (χ3v) is 5.74. The Morgan fingerprint density at radius 2 is 1.19 bits per heavy atom. The van der Waals surface area contributed by atoms with E-state index in [1.165, 1.54) is 18.2 Å². The van der Waals surface area contributed by atoms with Crippen LogP contribution in [0.3, 0.4) is 0 Å². The molecule has 0 radical (unpaired) electrons. The molecule has 0 saturated carbocycles. The van der Waals surface area contributed by atoms with Gasteiger partial charge in [-0.05, 0) is 47.5 Å². The zero-order chi connectivity index (χ0) is 31.5. The first-order valence-corrected chi connectivity index (χ1v) is 12.0. The molecule has 0 fully saturated rings. The minimum absolute atomic E-state index is 0.181. The van der Waals surface area contributed by atoms with E-state index in [1.807, 2.05) is 0 Å². The standard InChI is InChI=1S/C31H16F10O2/c1-2-11-42-21-9-7-18(8-10-21)20-6-5-19(23(32)14-20)4-3-17-12-24(33)29(25(34)13-17)31(40,41)43-22-15-26(35)28(27(36)16-22)30(37,38)39/h2,5-10,12-16H,1,11H2. The van der Waals surface area contributed by atoms with Crippen molar-refractivity contribution in [3.63, 3.8) is 0 Å². The third kappa shape index (κ3) is 7.12. The van der Waals surface area contributed by atoms with Crippen molar-refractivity contribution in [1.29, 1.82) is 0 Å². The van der Waals surface area contributed by atoms with Gasteiger partial charge in [-0.1, -0.05) is 42.7 Å². The van der Waals surface area contributed by atoms with Crippen LogP contribution < -0.4 is 9.47 Å². The molecule has 0 N–H and O–H groups in total. The molecule has 0 unspecified atom stereocenters. The highest BCUT2D eigenvalue weighted by atomic mass is 19.4.